The molecule has 2 unspecified atom stereocenters. The smallest absolute Gasteiger partial charge is 0.317 e. The van der Waals surface area contributed by atoms with E-state index in [9.17, 15) is 4.79 Å². The number of hydrogen-bond acceptors (Lipinski definition) is 6. The van der Waals surface area contributed by atoms with E-state index in [-0.39, 0.29) is 6.61 Å². The van der Waals surface area contributed by atoms with Crippen LogP contribution in [0.25, 0.3) is 0 Å². The summed E-state index contributed by atoms with van der Waals surface area (Å²) in [5.41, 5.74) is 0. The topological polar surface area (TPSA) is 87.0 Å². The Morgan fingerprint density at radius 3 is 2.60 bits per heavy atom. The quantitative estimate of drug-likeness (QED) is 0.435. The third-order valence-corrected chi connectivity index (χ3v) is 2.87. The van der Waals surface area contributed by atoms with Crippen molar-refractivity contribution in [1.82, 2.24) is 0 Å². The van der Waals surface area contributed by atoms with Crippen LogP contribution < -0.4 is 0 Å². The maximum Gasteiger partial charge on any atom is 0.317 e. The molecule has 2 atom stereocenters. The Morgan fingerprint density at radius 1 is 1.53 bits per heavy atom. The number of ether oxygens (including phenoxy) is 1. The first-order valence-electron chi connectivity index (χ1n) is 4.43. The number of aliphatic hydroxyl groups is 3. The van der Waals surface area contributed by atoms with Crippen LogP contribution in [0, 0.1) is 5.92 Å². The molecule has 0 aliphatic carbocycles. The summed E-state index contributed by atoms with van der Waals surface area (Å²) in [5, 5.41) is 26.1. The van der Waals surface area contributed by atoms with Gasteiger partial charge in [-0.15, -0.1) is 0 Å². The van der Waals surface area contributed by atoms with E-state index in [1.54, 1.807) is 6.92 Å². The first kappa shape index (κ1) is 14.3. The molecule has 0 aliphatic rings. The first-order valence-corrected chi connectivity index (χ1v) is 5.59. The van der Waals surface area contributed by atoms with Crippen LogP contribution in [0.15, 0.2) is 12.5 Å². The zero-order valence-corrected chi connectivity index (χ0v) is 9.37. The molecular formula is C9H16O5S. The summed E-state index contributed by atoms with van der Waals surface area (Å²) < 4.78 is 4.39. The lowest BCUT2D eigenvalue weighted by atomic mass is 10.2. The number of aliphatic hydroxyl groups excluding tert-OH is 3. The van der Waals surface area contributed by atoms with E-state index in [1.165, 1.54) is 11.8 Å². The lowest BCUT2D eigenvalue weighted by molar-refractivity contribution is -0.146. The maximum atomic E-state index is 11.1. The third-order valence-electron chi connectivity index (χ3n) is 1.51. The normalized spacial score (nSPS) is 14.3. The van der Waals surface area contributed by atoms with Crippen molar-refractivity contribution in [2.75, 3.05) is 18.1 Å². The van der Waals surface area contributed by atoms with E-state index in [4.69, 9.17) is 15.3 Å². The zero-order chi connectivity index (χ0) is 11.8. The van der Waals surface area contributed by atoms with Crippen molar-refractivity contribution in [3.63, 3.8) is 0 Å². The molecule has 5 nitrogen and oxygen atoms in total. The van der Waals surface area contributed by atoms with Gasteiger partial charge in [-0.1, -0.05) is 6.92 Å². The number of carbonyl (C=O) groups excluding carboxylic acids is 1. The van der Waals surface area contributed by atoms with Gasteiger partial charge in [0, 0.05) is 11.5 Å². The van der Waals surface area contributed by atoms with Gasteiger partial charge < -0.3 is 20.1 Å². The van der Waals surface area contributed by atoms with Crippen LogP contribution in [0.5, 0.6) is 0 Å². The summed E-state index contributed by atoms with van der Waals surface area (Å²) in [6.07, 6.45) is -0.772. The molecule has 0 heterocycles. The van der Waals surface area contributed by atoms with Crippen molar-refractivity contribution in [3.05, 3.63) is 12.5 Å². The molecule has 0 aromatic heterocycles. The molecule has 15 heavy (non-hydrogen) atoms. The van der Waals surface area contributed by atoms with Gasteiger partial charge in [0.1, 0.15) is 0 Å². The second-order valence-corrected chi connectivity index (χ2v) is 4.16. The molecule has 0 aromatic carbocycles. The average molecular weight is 236 g/mol. The van der Waals surface area contributed by atoms with Crippen molar-refractivity contribution in [1.29, 1.82) is 0 Å². The van der Waals surface area contributed by atoms with Gasteiger partial charge in [-0.25, -0.2) is 0 Å². The highest BCUT2D eigenvalue weighted by molar-refractivity contribution is 7.99. The predicted octanol–water partition coefficient (Wildman–Crippen LogP) is 0.281. The fourth-order valence-electron chi connectivity index (χ4n) is 0.718. The van der Waals surface area contributed by atoms with E-state index in [1.807, 2.05) is 0 Å². The SMILES string of the molecule is C=C(O)OC(=O)C(C)CSCC(O)CO. The van der Waals surface area contributed by atoms with E-state index in [0.717, 1.165) is 0 Å². The van der Waals surface area contributed by atoms with Crippen molar-refractivity contribution in [2.45, 2.75) is 13.0 Å². The molecule has 0 radical (unpaired) electrons. The van der Waals surface area contributed by atoms with Gasteiger partial charge in [0.15, 0.2) is 0 Å². The Kier molecular flexibility index (Phi) is 7.19. The Morgan fingerprint density at radius 2 is 2.13 bits per heavy atom. The summed E-state index contributed by atoms with van der Waals surface area (Å²) >= 11 is 1.33. The van der Waals surface area contributed by atoms with Crippen LogP contribution in [-0.2, 0) is 9.53 Å². The minimum atomic E-state index is -0.772. The summed E-state index contributed by atoms with van der Waals surface area (Å²) in [4.78, 5) is 11.1. The van der Waals surface area contributed by atoms with Crippen LogP contribution in [-0.4, -0.2) is 45.5 Å². The molecule has 0 rings (SSSR count). The molecule has 0 saturated carbocycles. The molecule has 6 heteroatoms. The molecule has 0 aromatic rings. The Hall–Kier alpha value is -0.720. The predicted molar refractivity (Wildman–Crippen MR) is 57.4 cm³/mol. The lowest BCUT2D eigenvalue weighted by Gasteiger charge is -2.11. The average Bonchev–Trinajstić information content (AvgIpc) is 2.16. The number of thioether (sulfide) groups is 1. The molecule has 88 valence electrons. The van der Waals surface area contributed by atoms with Gasteiger partial charge in [0.05, 0.1) is 18.6 Å². The Labute approximate surface area is 92.8 Å². The van der Waals surface area contributed by atoms with Gasteiger partial charge >= 0.3 is 5.97 Å². The minimum absolute atomic E-state index is 0.292. The summed E-state index contributed by atoms with van der Waals surface area (Å²) in [6.45, 7) is 4.38. The molecule has 0 fully saturated rings. The van der Waals surface area contributed by atoms with Crippen LogP contribution >= 0.6 is 11.8 Å². The van der Waals surface area contributed by atoms with Crippen LogP contribution in [0.4, 0.5) is 0 Å². The number of esters is 1. The van der Waals surface area contributed by atoms with E-state index in [0.29, 0.717) is 11.5 Å². The number of hydrogen-bond donors (Lipinski definition) is 3. The van der Waals surface area contributed by atoms with Gasteiger partial charge in [-0.3, -0.25) is 4.79 Å². The van der Waals surface area contributed by atoms with Crippen molar-refractivity contribution in [2.24, 2.45) is 5.92 Å². The van der Waals surface area contributed by atoms with Crippen molar-refractivity contribution in [3.8, 4) is 0 Å². The van der Waals surface area contributed by atoms with Gasteiger partial charge in [0.25, 0.3) is 5.95 Å². The fourth-order valence-corrected chi connectivity index (χ4v) is 1.72. The van der Waals surface area contributed by atoms with Crippen molar-refractivity contribution < 1.29 is 24.9 Å². The number of rotatable bonds is 7. The highest BCUT2D eigenvalue weighted by Crippen LogP contribution is 2.12. The molecule has 0 saturated heterocycles. The molecular weight excluding hydrogens is 220 g/mol. The Bertz CT molecular complexity index is 219. The number of carbonyl (C=O) groups is 1. The highest BCUT2D eigenvalue weighted by atomic mass is 32.2. The molecule has 0 bridgehead atoms. The van der Waals surface area contributed by atoms with Gasteiger partial charge in [-0.05, 0) is 6.58 Å². The second kappa shape index (κ2) is 7.56. The monoisotopic (exact) mass is 236 g/mol. The second-order valence-electron chi connectivity index (χ2n) is 3.09. The maximum absolute atomic E-state index is 11.1. The zero-order valence-electron chi connectivity index (χ0n) is 8.55. The van der Waals surface area contributed by atoms with Crippen LogP contribution in [0.1, 0.15) is 6.92 Å². The van der Waals surface area contributed by atoms with E-state index >= 15 is 0 Å². The lowest BCUT2D eigenvalue weighted by Crippen LogP contribution is -2.19. The summed E-state index contributed by atoms with van der Waals surface area (Å²) in [5.74, 6) is -0.775. The molecule has 0 amide bonds. The van der Waals surface area contributed by atoms with Crippen LogP contribution in [0.3, 0.4) is 0 Å². The molecule has 0 spiro atoms. The molecule has 0 aliphatic heterocycles. The summed E-state index contributed by atoms with van der Waals surface area (Å²) in [7, 11) is 0. The third kappa shape index (κ3) is 7.24. The summed E-state index contributed by atoms with van der Waals surface area (Å²) in [6, 6.07) is 0. The van der Waals surface area contributed by atoms with Crippen LogP contribution in [0.2, 0.25) is 0 Å². The minimum Gasteiger partial charge on any atom is -0.481 e. The fraction of sp³-hybridized carbons (Fsp3) is 0.667. The Balaban J connectivity index is 3.68. The molecule has 3 N–H and O–H groups in total. The van der Waals surface area contributed by atoms with E-state index < -0.39 is 23.9 Å². The van der Waals surface area contributed by atoms with Crippen molar-refractivity contribution >= 4 is 17.7 Å². The van der Waals surface area contributed by atoms with E-state index in [2.05, 4.69) is 11.3 Å². The van der Waals surface area contributed by atoms with Gasteiger partial charge in [0.2, 0.25) is 0 Å². The van der Waals surface area contributed by atoms with Gasteiger partial charge in [-0.2, -0.15) is 11.8 Å². The first-order chi connectivity index (χ1) is 6.97. The highest BCUT2D eigenvalue weighted by Gasteiger charge is 2.16. The largest absolute Gasteiger partial charge is 0.481 e. The standard InChI is InChI=1S/C9H16O5S/c1-6(9(13)14-7(2)11)4-15-5-8(12)3-10/h6,8,10-12H,2-5H2,1H3.